The number of halogens is 1. The van der Waals surface area contributed by atoms with Crippen LogP contribution in [0.25, 0.3) is 0 Å². The Balaban J connectivity index is 2.46. The van der Waals surface area contributed by atoms with Gasteiger partial charge in [-0.2, -0.15) is 5.26 Å². The zero-order valence-corrected chi connectivity index (χ0v) is 8.03. The number of carbonyl (C=O) groups excluding carboxylic acids is 1. The lowest BCUT2D eigenvalue weighted by Crippen LogP contribution is -2.35. The van der Waals surface area contributed by atoms with Crippen LogP contribution in [0.1, 0.15) is 12.0 Å². The Bertz CT molecular complexity index is 450. The van der Waals surface area contributed by atoms with Crippen LogP contribution in [0, 0.1) is 17.1 Å². The van der Waals surface area contributed by atoms with E-state index in [9.17, 15) is 9.18 Å². The summed E-state index contributed by atoms with van der Waals surface area (Å²) in [4.78, 5) is 12.8. The third kappa shape index (κ3) is 1.68. The molecule has 0 saturated carbocycles. The molecule has 1 amide bonds. The number of hydrogen-bond acceptors (Lipinski definition) is 2. The monoisotopic (exact) mass is 204 g/mol. The molecular weight excluding hydrogens is 195 g/mol. The number of benzene rings is 1. The second-order valence-corrected chi connectivity index (χ2v) is 3.41. The van der Waals surface area contributed by atoms with Gasteiger partial charge in [0.05, 0.1) is 11.8 Å². The molecule has 0 unspecified atom stereocenters. The van der Waals surface area contributed by atoms with Gasteiger partial charge in [0, 0.05) is 6.42 Å². The van der Waals surface area contributed by atoms with E-state index >= 15 is 0 Å². The summed E-state index contributed by atoms with van der Waals surface area (Å²) < 4.78 is 13.0. The lowest BCUT2D eigenvalue weighted by molar-refractivity contribution is -0.118. The number of aryl methyl sites for hydroxylation is 1. The standard InChI is InChI=1S/C11H9FN2O/c12-9-3-1-8-2-4-11(15)14(6-5-13)10(8)7-9/h1,3,7H,2,4,6H2. The maximum Gasteiger partial charge on any atom is 0.228 e. The van der Waals surface area contributed by atoms with Gasteiger partial charge in [-0.1, -0.05) is 6.07 Å². The third-order valence-corrected chi connectivity index (χ3v) is 2.48. The van der Waals surface area contributed by atoms with Gasteiger partial charge in [0.15, 0.2) is 0 Å². The first kappa shape index (κ1) is 9.66. The minimum absolute atomic E-state index is 0.0186. The highest BCUT2D eigenvalue weighted by Gasteiger charge is 2.23. The lowest BCUT2D eigenvalue weighted by Gasteiger charge is -2.27. The molecule has 0 saturated heterocycles. The molecule has 3 nitrogen and oxygen atoms in total. The number of nitriles is 1. The van der Waals surface area contributed by atoms with Gasteiger partial charge in [-0.3, -0.25) is 9.69 Å². The average Bonchev–Trinajstić information content (AvgIpc) is 2.23. The molecule has 0 aliphatic carbocycles. The number of nitrogens with zero attached hydrogens (tertiary/aromatic N) is 2. The fourth-order valence-electron chi connectivity index (χ4n) is 1.75. The predicted octanol–water partition coefficient (Wildman–Crippen LogP) is 1.63. The van der Waals surface area contributed by atoms with Crippen LogP contribution in [0.3, 0.4) is 0 Å². The molecule has 0 aromatic heterocycles. The first-order chi connectivity index (χ1) is 7.22. The largest absolute Gasteiger partial charge is 0.298 e. The Labute approximate surface area is 86.7 Å². The molecule has 0 radical (unpaired) electrons. The fraction of sp³-hybridized carbons (Fsp3) is 0.273. The highest BCUT2D eigenvalue weighted by molar-refractivity contribution is 5.96. The second kappa shape index (κ2) is 3.70. The van der Waals surface area contributed by atoms with Crippen molar-refractivity contribution in [3.05, 3.63) is 29.6 Å². The summed E-state index contributed by atoms with van der Waals surface area (Å²) >= 11 is 0. The van der Waals surface area contributed by atoms with Crippen molar-refractivity contribution in [2.45, 2.75) is 12.8 Å². The summed E-state index contributed by atoms with van der Waals surface area (Å²) in [6, 6.07) is 6.26. The van der Waals surface area contributed by atoms with Crippen LogP contribution in [-0.4, -0.2) is 12.5 Å². The van der Waals surface area contributed by atoms with Gasteiger partial charge in [0.25, 0.3) is 0 Å². The molecule has 76 valence electrons. The van der Waals surface area contributed by atoms with Crippen LogP contribution >= 0.6 is 0 Å². The predicted molar refractivity (Wildman–Crippen MR) is 52.7 cm³/mol. The Hall–Kier alpha value is -1.89. The van der Waals surface area contributed by atoms with Gasteiger partial charge >= 0.3 is 0 Å². The van der Waals surface area contributed by atoms with Crippen molar-refractivity contribution in [3.63, 3.8) is 0 Å². The van der Waals surface area contributed by atoms with E-state index in [4.69, 9.17) is 5.26 Å². The summed E-state index contributed by atoms with van der Waals surface area (Å²) in [6.07, 6.45) is 1.01. The van der Waals surface area contributed by atoms with Crippen LogP contribution in [0.5, 0.6) is 0 Å². The minimum Gasteiger partial charge on any atom is -0.298 e. The van der Waals surface area contributed by atoms with E-state index in [-0.39, 0.29) is 18.3 Å². The molecule has 0 bridgehead atoms. The molecule has 1 aliphatic heterocycles. The van der Waals surface area contributed by atoms with E-state index in [1.54, 1.807) is 6.07 Å². The SMILES string of the molecule is N#CCN1C(=O)CCc2ccc(F)cc21. The molecule has 0 spiro atoms. The number of fused-ring (bicyclic) bond motifs is 1. The van der Waals surface area contributed by atoms with Crippen molar-refractivity contribution >= 4 is 11.6 Å². The fourth-order valence-corrected chi connectivity index (χ4v) is 1.75. The maximum absolute atomic E-state index is 13.0. The van der Waals surface area contributed by atoms with Gasteiger partial charge in [-0.25, -0.2) is 4.39 Å². The Kier molecular flexibility index (Phi) is 2.38. The van der Waals surface area contributed by atoms with Crippen LogP contribution in [-0.2, 0) is 11.2 Å². The Morgan fingerprint density at radius 2 is 2.27 bits per heavy atom. The quantitative estimate of drug-likeness (QED) is 0.652. The molecule has 1 aromatic carbocycles. The molecule has 4 heteroatoms. The minimum atomic E-state index is -0.383. The van der Waals surface area contributed by atoms with Crippen molar-refractivity contribution in [1.29, 1.82) is 5.26 Å². The van der Waals surface area contributed by atoms with E-state index in [0.29, 0.717) is 18.5 Å². The molecule has 1 aromatic rings. The molecule has 1 aliphatic rings. The Morgan fingerprint density at radius 3 is 3.00 bits per heavy atom. The number of hydrogen-bond donors (Lipinski definition) is 0. The smallest absolute Gasteiger partial charge is 0.228 e. The molecule has 0 fully saturated rings. The molecular formula is C11H9FN2O. The van der Waals surface area contributed by atoms with E-state index in [1.165, 1.54) is 17.0 Å². The summed E-state index contributed by atoms with van der Waals surface area (Å²) in [5, 5.41) is 8.59. The van der Waals surface area contributed by atoms with Gasteiger partial charge in [-0.05, 0) is 24.1 Å². The molecule has 15 heavy (non-hydrogen) atoms. The Morgan fingerprint density at radius 1 is 1.47 bits per heavy atom. The number of amides is 1. The topological polar surface area (TPSA) is 44.1 Å². The lowest BCUT2D eigenvalue weighted by atomic mass is 10.0. The highest BCUT2D eigenvalue weighted by Crippen LogP contribution is 2.28. The summed E-state index contributed by atoms with van der Waals surface area (Å²) in [7, 11) is 0. The van der Waals surface area contributed by atoms with Crippen LogP contribution in [0.4, 0.5) is 10.1 Å². The van der Waals surface area contributed by atoms with E-state index in [1.807, 2.05) is 6.07 Å². The zero-order chi connectivity index (χ0) is 10.8. The second-order valence-electron chi connectivity index (χ2n) is 3.41. The molecule has 0 N–H and O–H groups in total. The maximum atomic E-state index is 13.0. The highest BCUT2D eigenvalue weighted by atomic mass is 19.1. The normalized spacial score (nSPS) is 14.7. The number of carbonyl (C=O) groups is 1. The van der Waals surface area contributed by atoms with Gasteiger partial charge in [0.1, 0.15) is 12.4 Å². The van der Waals surface area contributed by atoms with Crippen molar-refractivity contribution in [1.82, 2.24) is 0 Å². The zero-order valence-electron chi connectivity index (χ0n) is 8.03. The van der Waals surface area contributed by atoms with E-state index in [2.05, 4.69) is 0 Å². The van der Waals surface area contributed by atoms with Gasteiger partial charge < -0.3 is 0 Å². The third-order valence-electron chi connectivity index (χ3n) is 2.48. The van der Waals surface area contributed by atoms with Crippen molar-refractivity contribution in [3.8, 4) is 6.07 Å². The van der Waals surface area contributed by atoms with E-state index < -0.39 is 0 Å². The summed E-state index contributed by atoms with van der Waals surface area (Å²) in [5.41, 5.74) is 1.46. The van der Waals surface area contributed by atoms with Crippen molar-refractivity contribution in [2.24, 2.45) is 0 Å². The van der Waals surface area contributed by atoms with Crippen LogP contribution in [0.2, 0.25) is 0 Å². The first-order valence-corrected chi connectivity index (χ1v) is 4.68. The molecule has 0 atom stereocenters. The van der Waals surface area contributed by atoms with Crippen LogP contribution < -0.4 is 4.90 Å². The van der Waals surface area contributed by atoms with Crippen molar-refractivity contribution < 1.29 is 9.18 Å². The molecule has 1 heterocycles. The van der Waals surface area contributed by atoms with Gasteiger partial charge in [-0.15, -0.1) is 0 Å². The van der Waals surface area contributed by atoms with Gasteiger partial charge in [0.2, 0.25) is 5.91 Å². The van der Waals surface area contributed by atoms with E-state index in [0.717, 1.165) is 5.56 Å². The van der Waals surface area contributed by atoms with Crippen LogP contribution in [0.15, 0.2) is 18.2 Å². The summed E-state index contributed by atoms with van der Waals surface area (Å²) in [5.74, 6) is -0.499. The molecule has 2 rings (SSSR count). The average molecular weight is 204 g/mol. The van der Waals surface area contributed by atoms with Crippen molar-refractivity contribution in [2.75, 3.05) is 11.4 Å². The number of anilines is 1. The summed E-state index contributed by atoms with van der Waals surface area (Å²) in [6.45, 7) is -0.0186. The number of rotatable bonds is 1. The first-order valence-electron chi connectivity index (χ1n) is 4.68.